The van der Waals surface area contributed by atoms with Crippen LogP contribution in [0.2, 0.25) is 5.02 Å². The zero-order valence-electron chi connectivity index (χ0n) is 16.6. The lowest BCUT2D eigenvalue weighted by Gasteiger charge is -2.21. The molecule has 10 heteroatoms. The maximum atomic E-state index is 13.1. The third-order valence-corrected chi connectivity index (χ3v) is 7.80. The van der Waals surface area contributed by atoms with Crippen molar-refractivity contribution in [3.63, 3.8) is 0 Å². The van der Waals surface area contributed by atoms with Gasteiger partial charge in [-0.3, -0.25) is 4.79 Å². The van der Waals surface area contributed by atoms with Gasteiger partial charge >= 0.3 is 5.97 Å². The molecule has 0 bridgehead atoms. The number of ether oxygens (including phenoxy) is 1. The molecule has 1 N–H and O–H groups in total. The Morgan fingerprint density at radius 3 is 2.48 bits per heavy atom. The Labute approximate surface area is 181 Å². The minimum Gasteiger partial charge on any atom is -0.467 e. The molecular formula is C19H27ClN2O5S2. The van der Waals surface area contributed by atoms with E-state index in [4.69, 9.17) is 16.3 Å². The van der Waals surface area contributed by atoms with Gasteiger partial charge < -0.3 is 10.1 Å². The third-order valence-electron chi connectivity index (χ3n) is 4.78. The van der Waals surface area contributed by atoms with Gasteiger partial charge in [-0.15, -0.1) is 0 Å². The van der Waals surface area contributed by atoms with Crippen LogP contribution < -0.4 is 5.32 Å². The number of hydrogen-bond donors (Lipinski definition) is 1. The molecule has 0 unspecified atom stereocenters. The van der Waals surface area contributed by atoms with Crippen molar-refractivity contribution in [3.05, 3.63) is 28.8 Å². The zero-order chi connectivity index (χ0) is 21.4. The van der Waals surface area contributed by atoms with Gasteiger partial charge in [0.25, 0.3) is 5.91 Å². The highest BCUT2D eigenvalue weighted by molar-refractivity contribution is 7.98. The van der Waals surface area contributed by atoms with E-state index in [1.807, 2.05) is 6.26 Å². The van der Waals surface area contributed by atoms with E-state index in [1.54, 1.807) is 11.8 Å². The lowest BCUT2D eigenvalue weighted by atomic mass is 10.1. The number of rotatable bonds is 8. The van der Waals surface area contributed by atoms with Crippen molar-refractivity contribution in [2.45, 2.75) is 43.0 Å². The molecule has 1 fully saturated rings. The summed E-state index contributed by atoms with van der Waals surface area (Å²) in [6.07, 6.45) is 5.89. The number of carbonyl (C=O) groups is 2. The largest absolute Gasteiger partial charge is 0.467 e. The number of methoxy groups -OCH3 is 1. The van der Waals surface area contributed by atoms with Crippen LogP contribution in [0, 0.1) is 0 Å². The Morgan fingerprint density at radius 2 is 1.90 bits per heavy atom. The summed E-state index contributed by atoms with van der Waals surface area (Å²) in [7, 11) is -2.55. The molecule has 1 atom stereocenters. The molecule has 162 valence electrons. The molecule has 0 saturated carbocycles. The Kier molecular flexibility index (Phi) is 9.26. The minimum atomic E-state index is -3.81. The molecule has 0 radical (unpaired) electrons. The molecule has 1 amide bonds. The Morgan fingerprint density at radius 1 is 1.24 bits per heavy atom. The number of nitrogens with zero attached hydrogens (tertiary/aromatic N) is 1. The number of amides is 1. The van der Waals surface area contributed by atoms with Crippen molar-refractivity contribution >= 4 is 45.3 Å². The van der Waals surface area contributed by atoms with Gasteiger partial charge in [0, 0.05) is 18.7 Å². The van der Waals surface area contributed by atoms with Gasteiger partial charge in [0.2, 0.25) is 10.0 Å². The first-order valence-electron chi connectivity index (χ1n) is 9.48. The summed E-state index contributed by atoms with van der Waals surface area (Å²) in [4.78, 5) is 24.5. The van der Waals surface area contributed by atoms with E-state index in [1.165, 1.54) is 29.6 Å². The van der Waals surface area contributed by atoms with Crippen LogP contribution in [0.4, 0.5) is 0 Å². The highest BCUT2D eigenvalue weighted by Gasteiger charge is 2.29. The van der Waals surface area contributed by atoms with Crippen molar-refractivity contribution in [1.82, 2.24) is 9.62 Å². The van der Waals surface area contributed by atoms with E-state index >= 15 is 0 Å². The number of nitrogens with one attached hydrogen (secondary N) is 1. The highest BCUT2D eigenvalue weighted by Crippen LogP contribution is 2.27. The first kappa shape index (κ1) is 24.0. The highest BCUT2D eigenvalue weighted by atomic mass is 35.5. The van der Waals surface area contributed by atoms with Crippen LogP contribution in [0.1, 0.15) is 42.5 Å². The SMILES string of the molecule is COC(=O)[C@@H](CCSC)NC(=O)c1ccc(Cl)c(S(=O)(=O)N2CCCCCC2)c1. The maximum absolute atomic E-state index is 13.1. The molecule has 0 aliphatic carbocycles. The average molecular weight is 463 g/mol. The third kappa shape index (κ3) is 6.34. The van der Waals surface area contributed by atoms with Crippen molar-refractivity contribution in [2.75, 3.05) is 32.2 Å². The number of benzene rings is 1. The first-order valence-corrected chi connectivity index (χ1v) is 12.7. The molecule has 1 aromatic rings. The number of sulfonamides is 1. The summed E-state index contributed by atoms with van der Waals surface area (Å²) in [5.74, 6) is -0.431. The topological polar surface area (TPSA) is 92.8 Å². The molecule has 29 heavy (non-hydrogen) atoms. The van der Waals surface area contributed by atoms with Crippen LogP contribution in [0.5, 0.6) is 0 Å². The fourth-order valence-electron chi connectivity index (χ4n) is 3.13. The zero-order valence-corrected chi connectivity index (χ0v) is 19.0. The summed E-state index contributed by atoms with van der Waals surface area (Å²) in [6.45, 7) is 0.877. The lowest BCUT2D eigenvalue weighted by molar-refractivity contribution is -0.142. The van der Waals surface area contributed by atoms with Gasteiger partial charge in [0.15, 0.2) is 0 Å². The number of esters is 1. The standard InChI is InChI=1S/C19H27ClN2O5S2/c1-27-19(24)16(9-12-28-2)21-18(23)14-7-8-15(20)17(13-14)29(25,26)22-10-5-3-4-6-11-22/h7-8,13,16H,3-6,9-12H2,1-2H3,(H,21,23)/t16-/m1/s1. The van der Waals surface area contributed by atoms with Crippen molar-refractivity contribution in [1.29, 1.82) is 0 Å². The minimum absolute atomic E-state index is 0.0673. The molecule has 0 spiro atoms. The van der Waals surface area contributed by atoms with E-state index in [9.17, 15) is 18.0 Å². The number of hydrogen-bond acceptors (Lipinski definition) is 6. The second-order valence-corrected chi connectivity index (χ2v) is 10.1. The molecule has 1 aliphatic heterocycles. The lowest BCUT2D eigenvalue weighted by Crippen LogP contribution is -2.42. The predicted molar refractivity (Wildman–Crippen MR) is 115 cm³/mol. The second kappa shape index (κ2) is 11.2. The van der Waals surface area contributed by atoms with Crippen LogP contribution in [0.3, 0.4) is 0 Å². The smallest absolute Gasteiger partial charge is 0.328 e. The van der Waals surface area contributed by atoms with Gasteiger partial charge in [0.1, 0.15) is 10.9 Å². The normalized spacial score (nSPS) is 16.7. The predicted octanol–water partition coefficient (Wildman–Crippen LogP) is 2.93. The van der Waals surface area contributed by atoms with E-state index in [0.717, 1.165) is 25.7 Å². The monoisotopic (exact) mass is 462 g/mol. The van der Waals surface area contributed by atoms with Crippen LogP contribution in [-0.4, -0.2) is 62.8 Å². The fraction of sp³-hybridized carbons (Fsp3) is 0.579. The quantitative estimate of drug-likeness (QED) is 0.597. The number of carbonyl (C=O) groups excluding carboxylic acids is 2. The van der Waals surface area contributed by atoms with Gasteiger partial charge in [0.05, 0.1) is 12.1 Å². The second-order valence-electron chi connectivity index (χ2n) is 6.79. The van der Waals surface area contributed by atoms with Crippen LogP contribution in [-0.2, 0) is 19.6 Å². The van der Waals surface area contributed by atoms with E-state index in [-0.39, 0.29) is 15.5 Å². The van der Waals surface area contributed by atoms with Gasteiger partial charge in [-0.25, -0.2) is 13.2 Å². The Hall–Kier alpha value is -1.29. The molecule has 1 heterocycles. The summed E-state index contributed by atoms with van der Waals surface area (Å²) < 4.78 is 32.4. The summed E-state index contributed by atoms with van der Waals surface area (Å²) in [5, 5.41) is 2.70. The average Bonchev–Trinajstić information content (AvgIpc) is 3.00. The van der Waals surface area contributed by atoms with Gasteiger partial charge in [-0.1, -0.05) is 24.4 Å². The van der Waals surface area contributed by atoms with Gasteiger partial charge in [-0.2, -0.15) is 16.1 Å². The maximum Gasteiger partial charge on any atom is 0.328 e. The van der Waals surface area contributed by atoms with Crippen LogP contribution in [0.25, 0.3) is 0 Å². The van der Waals surface area contributed by atoms with Crippen LogP contribution >= 0.6 is 23.4 Å². The summed E-state index contributed by atoms with van der Waals surface area (Å²) in [5.41, 5.74) is 0.126. The first-order chi connectivity index (χ1) is 13.8. The Balaban J connectivity index is 2.26. The van der Waals surface area contributed by atoms with Crippen molar-refractivity contribution in [2.24, 2.45) is 0 Å². The van der Waals surface area contributed by atoms with Crippen LogP contribution in [0.15, 0.2) is 23.1 Å². The molecule has 1 aliphatic rings. The number of halogens is 1. The summed E-state index contributed by atoms with van der Waals surface area (Å²) >= 11 is 7.72. The van der Waals surface area contributed by atoms with E-state index < -0.39 is 27.9 Å². The van der Waals surface area contributed by atoms with Gasteiger partial charge in [-0.05, 0) is 49.5 Å². The van der Waals surface area contributed by atoms with E-state index in [2.05, 4.69) is 5.32 Å². The van der Waals surface area contributed by atoms with E-state index in [0.29, 0.717) is 25.3 Å². The summed E-state index contributed by atoms with van der Waals surface area (Å²) in [6, 6.07) is 3.32. The molecular weight excluding hydrogens is 436 g/mol. The fourth-order valence-corrected chi connectivity index (χ4v) is 5.62. The molecule has 7 nitrogen and oxygen atoms in total. The Bertz CT molecular complexity index is 824. The molecule has 1 saturated heterocycles. The number of thioether (sulfide) groups is 1. The van der Waals surface area contributed by atoms with Crippen molar-refractivity contribution < 1.29 is 22.7 Å². The van der Waals surface area contributed by atoms with Crippen molar-refractivity contribution in [3.8, 4) is 0 Å². The molecule has 1 aromatic carbocycles. The molecule has 2 rings (SSSR count). The molecule has 0 aromatic heterocycles.